The van der Waals surface area contributed by atoms with Gasteiger partial charge in [-0.2, -0.15) is 0 Å². The zero-order chi connectivity index (χ0) is 37.0. The van der Waals surface area contributed by atoms with Gasteiger partial charge in [0.2, 0.25) is 0 Å². The number of hydrogen-bond donors (Lipinski definition) is 0. The van der Waals surface area contributed by atoms with E-state index in [1.54, 1.807) is 0 Å². The monoisotopic (exact) mass is 716 g/mol. The maximum absolute atomic E-state index is 5.03. The van der Waals surface area contributed by atoms with Crippen LogP contribution in [0.1, 0.15) is 0 Å². The molecule has 11 aromatic rings. The van der Waals surface area contributed by atoms with Crippen LogP contribution in [0.5, 0.6) is 0 Å². The number of para-hydroxylation sites is 2. The molecule has 0 atom stereocenters. The zero-order valence-electron chi connectivity index (χ0n) is 30.2. The number of aromatic nitrogens is 6. The zero-order valence-corrected chi connectivity index (χ0v) is 30.2. The summed E-state index contributed by atoms with van der Waals surface area (Å²) in [7, 11) is 0. The van der Waals surface area contributed by atoms with E-state index in [-0.39, 0.29) is 0 Å². The Bertz CT molecular complexity index is 3180. The van der Waals surface area contributed by atoms with E-state index in [0.29, 0.717) is 17.5 Å². The highest BCUT2D eigenvalue weighted by Crippen LogP contribution is 2.38. The molecule has 0 amide bonds. The van der Waals surface area contributed by atoms with Gasteiger partial charge in [-0.25, -0.2) is 15.0 Å². The van der Waals surface area contributed by atoms with Crippen molar-refractivity contribution < 1.29 is 0 Å². The summed E-state index contributed by atoms with van der Waals surface area (Å²) in [6.45, 7) is 0. The number of pyridine rings is 1. The van der Waals surface area contributed by atoms with Crippen LogP contribution in [0.4, 0.5) is 0 Å². The standard InChI is InChI=1S/C50H32N6/c1-4-14-33(15-5-1)48-52-49(34-16-6-2-7-17-34)54-50(53-48)37-18-12-21-39(30-37)56-43-23-11-10-22-40(43)41-27-25-36(32-46(41)56)35-26-28-44-42(31-35)47-45(24-13-29-51-47)55(44)38-19-8-3-9-20-38/h1-32H. The van der Waals surface area contributed by atoms with Gasteiger partial charge in [0.25, 0.3) is 0 Å². The lowest BCUT2D eigenvalue weighted by Crippen LogP contribution is -2.01. The molecule has 0 aliphatic heterocycles. The van der Waals surface area contributed by atoms with Crippen molar-refractivity contribution in [3.63, 3.8) is 0 Å². The Morgan fingerprint density at radius 3 is 1.59 bits per heavy atom. The van der Waals surface area contributed by atoms with E-state index in [1.807, 2.05) is 72.9 Å². The van der Waals surface area contributed by atoms with Crippen molar-refractivity contribution in [2.45, 2.75) is 0 Å². The van der Waals surface area contributed by atoms with Crippen LogP contribution < -0.4 is 0 Å². The highest BCUT2D eigenvalue weighted by Gasteiger charge is 2.18. The molecule has 0 fully saturated rings. The van der Waals surface area contributed by atoms with Crippen molar-refractivity contribution in [1.29, 1.82) is 0 Å². The van der Waals surface area contributed by atoms with E-state index >= 15 is 0 Å². The fourth-order valence-corrected chi connectivity index (χ4v) is 8.02. The molecule has 0 aliphatic carbocycles. The fourth-order valence-electron chi connectivity index (χ4n) is 8.02. The van der Waals surface area contributed by atoms with Crippen LogP contribution in [0.3, 0.4) is 0 Å². The molecule has 0 unspecified atom stereocenters. The summed E-state index contributed by atoms with van der Waals surface area (Å²) in [5.74, 6) is 1.90. The molecule has 11 rings (SSSR count). The van der Waals surface area contributed by atoms with E-state index in [1.165, 1.54) is 10.8 Å². The first-order chi connectivity index (χ1) is 27.8. The van der Waals surface area contributed by atoms with Crippen molar-refractivity contribution in [3.05, 3.63) is 194 Å². The maximum Gasteiger partial charge on any atom is 0.164 e. The molecule has 0 spiro atoms. The molecule has 6 heteroatoms. The summed E-state index contributed by atoms with van der Waals surface area (Å²) in [4.78, 5) is 19.8. The van der Waals surface area contributed by atoms with Crippen molar-refractivity contribution in [3.8, 4) is 56.7 Å². The van der Waals surface area contributed by atoms with Gasteiger partial charge in [-0.15, -0.1) is 0 Å². The van der Waals surface area contributed by atoms with Gasteiger partial charge >= 0.3 is 0 Å². The van der Waals surface area contributed by atoms with E-state index in [9.17, 15) is 0 Å². The van der Waals surface area contributed by atoms with Gasteiger partial charge in [0.15, 0.2) is 17.5 Å². The third-order valence-electron chi connectivity index (χ3n) is 10.6. The Morgan fingerprint density at radius 1 is 0.304 bits per heavy atom. The highest BCUT2D eigenvalue weighted by atomic mass is 15.0. The van der Waals surface area contributed by atoms with Gasteiger partial charge in [0, 0.05) is 50.4 Å². The molecule has 0 bridgehead atoms. The predicted molar refractivity (Wildman–Crippen MR) is 228 cm³/mol. The second kappa shape index (κ2) is 13.0. The largest absolute Gasteiger partial charge is 0.309 e. The number of rotatable bonds is 6. The maximum atomic E-state index is 5.03. The number of benzene rings is 7. The van der Waals surface area contributed by atoms with Gasteiger partial charge < -0.3 is 9.13 Å². The number of hydrogen-bond acceptors (Lipinski definition) is 4. The smallest absolute Gasteiger partial charge is 0.164 e. The van der Waals surface area contributed by atoms with Crippen molar-refractivity contribution in [2.75, 3.05) is 0 Å². The minimum absolute atomic E-state index is 0.623. The van der Waals surface area contributed by atoms with Gasteiger partial charge in [-0.3, -0.25) is 4.98 Å². The highest BCUT2D eigenvalue weighted by molar-refractivity contribution is 6.11. The summed E-state index contributed by atoms with van der Waals surface area (Å²) in [6, 6.07) is 65.5. The Hall–Kier alpha value is -7.70. The van der Waals surface area contributed by atoms with Crippen LogP contribution in [-0.4, -0.2) is 29.1 Å². The van der Waals surface area contributed by atoms with Gasteiger partial charge in [-0.05, 0) is 71.8 Å². The fraction of sp³-hybridized carbons (Fsp3) is 0. The van der Waals surface area contributed by atoms with Gasteiger partial charge in [0.05, 0.1) is 27.6 Å². The Labute approximate surface area is 322 Å². The summed E-state index contributed by atoms with van der Waals surface area (Å²) < 4.78 is 4.66. The molecule has 0 saturated carbocycles. The minimum atomic E-state index is 0.623. The van der Waals surface area contributed by atoms with Crippen LogP contribution in [0.25, 0.3) is 100 Å². The Kier molecular flexibility index (Phi) is 7.38. The van der Waals surface area contributed by atoms with Crippen LogP contribution in [0, 0.1) is 0 Å². The molecule has 4 heterocycles. The molecular weight excluding hydrogens is 685 g/mol. The second-order valence-electron chi connectivity index (χ2n) is 13.9. The van der Waals surface area contributed by atoms with Crippen molar-refractivity contribution in [2.24, 2.45) is 0 Å². The average Bonchev–Trinajstić information content (AvgIpc) is 3.79. The molecule has 0 radical (unpaired) electrons. The molecule has 56 heavy (non-hydrogen) atoms. The SMILES string of the molecule is c1ccc(-c2nc(-c3ccccc3)nc(-c3cccc(-n4c5ccccc5c5ccc(-c6ccc7c(c6)c6ncccc6n7-c6ccccc6)cc54)c3)n2)cc1. The molecule has 0 aliphatic rings. The third-order valence-corrected chi connectivity index (χ3v) is 10.6. The molecule has 0 N–H and O–H groups in total. The molecule has 262 valence electrons. The van der Waals surface area contributed by atoms with E-state index in [2.05, 4.69) is 130 Å². The van der Waals surface area contributed by atoms with Crippen LogP contribution in [0.15, 0.2) is 194 Å². The molecule has 4 aromatic heterocycles. The van der Waals surface area contributed by atoms with E-state index in [4.69, 9.17) is 19.9 Å². The van der Waals surface area contributed by atoms with Crippen molar-refractivity contribution >= 4 is 43.7 Å². The van der Waals surface area contributed by atoms with Crippen LogP contribution in [-0.2, 0) is 0 Å². The predicted octanol–water partition coefficient (Wildman–Crippen LogP) is 12.1. The van der Waals surface area contributed by atoms with E-state index < -0.39 is 0 Å². The average molecular weight is 717 g/mol. The number of fused-ring (bicyclic) bond motifs is 6. The molecule has 0 saturated heterocycles. The van der Waals surface area contributed by atoms with Gasteiger partial charge in [-0.1, -0.05) is 127 Å². The second-order valence-corrected chi connectivity index (χ2v) is 13.9. The molecular formula is C50H32N6. The summed E-state index contributed by atoms with van der Waals surface area (Å²) in [5, 5.41) is 3.51. The summed E-state index contributed by atoms with van der Waals surface area (Å²) >= 11 is 0. The topological polar surface area (TPSA) is 61.4 Å². The third kappa shape index (κ3) is 5.27. The van der Waals surface area contributed by atoms with Crippen LogP contribution >= 0.6 is 0 Å². The molecule has 7 aromatic carbocycles. The first-order valence-electron chi connectivity index (χ1n) is 18.7. The summed E-state index contributed by atoms with van der Waals surface area (Å²) in [6.07, 6.45) is 1.88. The van der Waals surface area contributed by atoms with Crippen molar-refractivity contribution in [1.82, 2.24) is 29.1 Å². The minimum Gasteiger partial charge on any atom is -0.309 e. The quantitative estimate of drug-likeness (QED) is 0.172. The first-order valence-corrected chi connectivity index (χ1v) is 18.7. The normalized spacial score (nSPS) is 11.6. The lowest BCUT2D eigenvalue weighted by Gasteiger charge is -2.12. The first kappa shape index (κ1) is 31.8. The lowest BCUT2D eigenvalue weighted by molar-refractivity contribution is 1.07. The van der Waals surface area contributed by atoms with Gasteiger partial charge in [0.1, 0.15) is 0 Å². The lowest BCUT2D eigenvalue weighted by atomic mass is 10.0. The molecule has 6 nitrogen and oxygen atoms in total. The number of nitrogens with zero attached hydrogens (tertiary/aromatic N) is 6. The summed E-state index contributed by atoms with van der Waals surface area (Å²) in [5.41, 5.74) is 12.7. The van der Waals surface area contributed by atoms with Crippen LogP contribution in [0.2, 0.25) is 0 Å². The Balaban J connectivity index is 1.08. The van der Waals surface area contributed by atoms with E-state index in [0.717, 1.165) is 72.2 Å². The Morgan fingerprint density at radius 2 is 0.839 bits per heavy atom.